The number of ketones is 1. The van der Waals surface area contributed by atoms with Gasteiger partial charge in [0.2, 0.25) is 0 Å². The van der Waals surface area contributed by atoms with Gasteiger partial charge >= 0.3 is 0 Å². The molecule has 1 atom stereocenters. The smallest absolute Gasteiger partial charge is 0.185 e. The van der Waals surface area contributed by atoms with E-state index < -0.39 is 15.6 Å². The van der Waals surface area contributed by atoms with Crippen LogP contribution in [0.1, 0.15) is 6.42 Å². The highest BCUT2D eigenvalue weighted by Crippen LogP contribution is 2.20. The zero-order valence-corrected chi connectivity index (χ0v) is 11.2. The van der Waals surface area contributed by atoms with Crippen molar-refractivity contribution < 1.29 is 17.9 Å². The van der Waals surface area contributed by atoms with Crippen LogP contribution >= 0.6 is 11.6 Å². The van der Waals surface area contributed by atoms with Gasteiger partial charge in [-0.05, 0) is 24.6 Å². The summed E-state index contributed by atoms with van der Waals surface area (Å²) in [6.45, 7) is 0.845. The van der Waals surface area contributed by atoms with Gasteiger partial charge in [-0.15, -0.1) is 0 Å². The summed E-state index contributed by atoms with van der Waals surface area (Å²) in [5, 5.41) is 0.340. The maximum absolute atomic E-state index is 12.0. The molecule has 2 rings (SSSR count). The van der Waals surface area contributed by atoms with Crippen molar-refractivity contribution in [3.8, 4) is 0 Å². The summed E-state index contributed by atoms with van der Waals surface area (Å²) in [5.41, 5.74) is 0. The van der Waals surface area contributed by atoms with Gasteiger partial charge in [0.1, 0.15) is 5.75 Å². The van der Waals surface area contributed by atoms with Gasteiger partial charge in [-0.25, -0.2) is 8.42 Å². The van der Waals surface area contributed by atoms with E-state index in [-0.39, 0.29) is 16.6 Å². The third-order valence-electron chi connectivity index (χ3n) is 2.87. The minimum atomic E-state index is -3.61. The number of benzene rings is 1. The molecule has 0 bridgehead atoms. The third-order valence-corrected chi connectivity index (χ3v) is 4.74. The number of ether oxygens (including phenoxy) is 1. The molecule has 0 aliphatic carbocycles. The van der Waals surface area contributed by atoms with Crippen molar-refractivity contribution in [3.63, 3.8) is 0 Å². The second-order valence-corrected chi connectivity index (χ2v) is 6.67. The van der Waals surface area contributed by atoms with Crippen LogP contribution < -0.4 is 0 Å². The molecule has 98 valence electrons. The van der Waals surface area contributed by atoms with Crippen LogP contribution in [0.3, 0.4) is 0 Å². The predicted octanol–water partition coefficient (Wildman–Crippen LogP) is 1.72. The van der Waals surface area contributed by atoms with E-state index in [0.29, 0.717) is 24.7 Å². The normalized spacial score (nSPS) is 19.9. The first-order valence-electron chi connectivity index (χ1n) is 5.58. The first kappa shape index (κ1) is 13.5. The highest BCUT2D eigenvalue weighted by atomic mass is 35.5. The fourth-order valence-corrected chi connectivity index (χ4v) is 3.46. The van der Waals surface area contributed by atoms with E-state index in [2.05, 4.69) is 0 Å². The maximum Gasteiger partial charge on any atom is 0.185 e. The van der Waals surface area contributed by atoms with Crippen LogP contribution in [0.15, 0.2) is 29.2 Å². The second-order valence-electron chi connectivity index (χ2n) is 4.24. The van der Waals surface area contributed by atoms with Gasteiger partial charge in [0.15, 0.2) is 15.6 Å². The second kappa shape index (κ2) is 5.38. The Morgan fingerprint density at radius 3 is 2.83 bits per heavy atom. The predicted molar refractivity (Wildman–Crippen MR) is 67.4 cm³/mol. The number of hydrogen-bond acceptors (Lipinski definition) is 4. The van der Waals surface area contributed by atoms with Crippen LogP contribution in [-0.2, 0) is 19.4 Å². The van der Waals surface area contributed by atoms with E-state index >= 15 is 0 Å². The lowest BCUT2D eigenvalue weighted by molar-refractivity contribution is -0.120. The quantitative estimate of drug-likeness (QED) is 0.846. The van der Waals surface area contributed by atoms with Crippen molar-refractivity contribution in [1.29, 1.82) is 0 Å². The zero-order valence-electron chi connectivity index (χ0n) is 9.63. The minimum Gasteiger partial charge on any atom is -0.381 e. The molecule has 6 heteroatoms. The molecule has 1 aromatic rings. The molecule has 18 heavy (non-hydrogen) atoms. The molecule has 1 fully saturated rings. The Morgan fingerprint density at radius 2 is 2.22 bits per heavy atom. The van der Waals surface area contributed by atoms with Crippen molar-refractivity contribution in [2.45, 2.75) is 11.3 Å². The molecule has 0 N–H and O–H groups in total. The Hall–Kier alpha value is -0.910. The summed E-state index contributed by atoms with van der Waals surface area (Å²) < 4.78 is 29.1. The minimum absolute atomic E-state index is 0.0854. The van der Waals surface area contributed by atoms with E-state index in [1.54, 1.807) is 12.1 Å². The van der Waals surface area contributed by atoms with Gasteiger partial charge in [-0.1, -0.05) is 17.7 Å². The standard InChI is InChI=1S/C12H13ClO4S/c13-10-2-1-3-11(6-10)18(15,16)8-12(14)9-4-5-17-7-9/h1-3,6,9H,4-5,7-8H2. The lowest BCUT2D eigenvalue weighted by Gasteiger charge is -2.07. The van der Waals surface area contributed by atoms with Crippen molar-refractivity contribution in [2.75, 3.05) is 19.0 Å². The van der Waals surface area contributed by atoms with Crippen LogP contribution in [0.4, 0.5) is 0 Å². The van der Waals surface area contributed by atoms with Gasteiger partial charge in [0.25, 0.3) is 0 Å². The summed E-state index contributed by atoms with van der Waals surface area (Å²) in [6.07, 6.45) is 0.601. The first-order chi connectivity index (χ1) is 8.49. The summed E-state index contributed by atoms with van der Waals surface area (Å²) >= 11 is 5.75. The number of hydrogen-bond donors (Lipinski definition) is 0. The van der Waals surface area contributed by atoms with Crippen LogP contribution in [0.5, 0.6) is 0 Å². The molecular weight excluding hydrogens is 276 g/mol. The molecule has 0 aromatic heterocycles. The Morgan fingerprint density at radius 1 is 1.44 bits per heavy atom. The van der Waals surface area contributed by atoms with Crippen molar-refractivity contribution in [1.82, 2.24) is 0 Å². The number of sulfone groups is 1. The molecule has 0 amide bonds. The van der Waals surface area contributed by atoms with Crippen LogP contribution in [0, 0.1) is 5.92 Å². The Labute approximate surface area is 111 Å². The maximum atomic E-state index is 12.0. The fourth-order valence-electron chi connectivity index (χ4n) is 1.84. The fraction of sp³-hybridized carbons (Fsp3) is 0.417. The van der Waals surface area contributed by atoms with Gasteiger partial charge < -0.3 is 4.74 Å². The third kappa shape index (κ3) is 3.10. The van der Waals surface area contributed by atoms with Gasteiger partial charge in [0, 0.05) is 17.5 Å². The average Bonchev–Trinajstić information content (AvgIpc) is 2.82. The largest absolute Gasteiger partial charge is 0.381 e. The topological polar surface area (TPSA) is 60.4 Å². The van der Waals surface area contributed by atoms with Gasteiger partial charge in [-0.3, -0.25) is 4.79 Å². The number of Topliss-reactive ketones (excluding diaryl/α,β-unsaturated/α-hetero) is 1. The number of carbonyl (C=O) groups excluding carboxylic acids is 1. The molecule has 1 aliphatic heterocycles. The van der Waals surface area contributed by atoms with Crippen LogP contribution in [0.2, 0.25) is 5.02 Å². The molecule has 4 nitrogen and oxygen atoms in total. The molecule has 1 unspecified atom stereocenters. The first-order valence-corrected chi connectivity index (χ1v) is 7.61. The molecular formula is C12H13ClO4S. The molecule has 1 saturated heterocycles. The molecule has 1 aliphatic rings. The monoisotopic (exact) mass is 288 g/mol. The summed E-state index contributed by atoms with van der Waals surface area (Å²) in [6, 6.07) is 5.94. The lowest BCUT2D eigenvalue weighted by atomic mass is 10.1. The summed E-state index contributed by atoms with van der Waals surface area (Å²) in [5.74, 6) is -1.06. The summed E-state index contributed by atoms with van der Waals surface area (Å²) in [7, 11) is -3.61. The Bertz CT molecular complexity index is 547. The van der Waals surface area contributed by atoms with Crippen molar-refractivity contribution >= 4 is 27.2 Å². The van der Waals surface area contributed by atoms with Crippen LogP contribution in [0.25, 0.3) is 0 Å². The van der Waals surface area contributed by atoms with E-state index in [1.807, 2.05) is 0 Å². The van der Waals surface area contributed by atoms with E-state index in [9.17, 15) is 13.2 Å². The number of halogens is 1. The van der Waals surface area contributed by atoms with Gasteiger partial charge in [-0.2, -0.15) is 0 Å². The van der Waals surface area contributed by atoms with E-state index in [1.165, 1.54) is 12.1 Å². The molecule has 0 radical (unpaired) electrons. The molecule has 1 aromatic carbocycles. The average molecular weight is 289 g/mol. The Balaban J connectivity index is 2.14. The van der Waals surface area contributed by atoms with E-state index in [4.69, 9.17) is 16.3 Å². The van der Waals surface area contributed by atoms with Crippen LogP contribution in [-0.4, -0.2) is 33.2 Å². The van der Waals surface area contributed by atoms with Gasteiger partial charge in [0.05, 0.1) is 11.5 Å². The molecule has 0 saturated carbocycles. The highest BCUT2D eigenvalue weighted by Gasteiger charge is 2.28. The SMILES string of the molecule is O=C(CS(=O)(=O)c1cccc(Cl)c1)C1CCOC1. The number of rotatable bonds is 4. The van der Waals surface area contributed by atoms with Crippen molar-refractivity contribution in [3.05, 3.63) is 29.3 Å². The Kier molecular flexibility index (Phi) is 4.04. The molecule has 1 heterocycles. The lowest BCUT2D eigenvalue weighted by Crippen LogP contribution is -2.24. The van der Waals surface area contributed by atoms with Crippen molar-refractivity contribution in [2.24, 2.45) is 5.92 Å². The zero-order chi connectivity index (χ0) is 13.2. The summed E-state index contributed by atoms with van der Waals surface area (Å²) in [4.78, 5) is 11.9. The van der Waals surface area contributed by atoms with E-state index in [0.717, 1.165) is 0 Å². The highest BCUT2D eigenvalue weighted by molar-refractivity contribution is 7.92. The molecule has 0 spiro atoms. The number of carbonyl (C=O) groups is 1.